The van der Waals surface area contributed by atoms with Crippen LogP contribution in [-0.4, -0.2) is 23.9 Å². The summed E-state index contributed by atoms with van der Waals surface area (Å²) in [7, 11) is 0. The predicted octanol–water partition coefficient (Wildman–Crippen LogP) is 3.36. The molecule has 1 aromatic rings. The van der Waals surface area contributed by atoms with Crippen LogP contribution < -0.4 is 10.1 Å². The molecule has 1 rings (SSSR count). The number of aliphatic hydroxyl groups is 1. The molecule has 1 aromatic carbocycles. The molecule has 0 fully saturated rings. The van der Waals surface area contributed by atoms with Gasteiger partial charge < -0.3 is 15.2 Å². The van der Waals surface area contributed by atoms with Crippen LogP contribution in [0.3, 0.4) is 0 Å². The Balaban J connectivity index is 2.76. The second-order valence-electron chi connectivity index (χ2n) is 6.55. The molecule has 0 spiro atoms. The third-order valence-electron chi connectivity index (χ3n) is 3.67. The molecule has 0 aromatic heterocycles. The summed E-state index contributed by atoms with van der Waals surface area (Å²) in [6, 6.07) is 4.90. The van der Waals surface area contributed by atoms with Crippen molar-refractivity contribution in [2.45, 2.75) is 46.8 Å². The molecule has 0 aliphatic heterocycles. The summed E-state index contributed by atoms with van der Waals surface area (Å²) in [6.45, 7) is 11.3. The Hall–Kier alpha value is -1.13. The van der Waals surface area contributed by atoms with Crippen molar-refractivity contribution in [2.24, 2.45) is 11.8 Å². The van der Waals surface area contributed by atoms with Crippen LogP contribution in [0.4, 0.5) is 4.39 Å². The van der Waals surface area contributed by atoms with Gasteiger partial charge >= 0.3 is 0 Å². The van der Waals surface area contributed by atoms with Gasteiger partial charge in [0.05, 0.1) is 5.60 Å². The van der Waals surface area contributed by atoms with E-state index in [1.165, 1.54) is 6.07 Å². The summed E-state index contributed by atoms with van der Waals surface area (Å²) in [5.41, 5.74) is -0.208. The minimum atomic E-state index is -0.981. The second kappa shape index (κ2) is 7.76. The summed E-state index contributed by atoms with van der Waals surface area (Å²) in [5, 5.41) is 13.5. The highest BCUT2D eigenvalue weighted by Crippen LogP contribution is 2.25. The fraction of sp³-hybridized carbons (Fsp3) is 0.647. The van der Waals surface area contributed by atoms with E-state index in [1.54, 1.807) is 13.0 Å². The van der Waals surface area contributed by atoms with E-state index in [0.717, 1.165) is 12.1 Å². The van der Waals surface area contributed by atoms with Crippen LogP contribution in [0.5, 0.6) is 5.75 Å². The average molecular weight is 297 g/mol. The summed E-state index contributed by atoms with van der Waals surface area (Å²) >= 11 is 0. The molecular formula is C17H28FNO2. The zero-order valence-electron chi connectivity index (χ0n) is 13.7. The van der Waals surface area contributed by atoms with Gasteiger partial charge in [-0.1, -0.05) is 39.8 Å². The quantitative estimate of drug-likeness (QED) is 0.773. The van der Waals surface area contributed by atoms with Gasteiger partial charge in [0, 0.05) is 12.1 Å². The minimum absolute atomic E-state index is 0.0341. The van der Waals surface area contributed by atoms with Crippen molar-refractivity contribution in [3.8, 4) is 5.75 Å². The largest absolute Gasteiger partial charge is 0.487 e. The van der Waals surface area contributed by atoms with E-state index in [9.17, 15) is 9.50 Å². The first kappa shape index (κ1) is 17.9. The maximum Gasteiger partial charge on any atom is 0.165 e. The maximum absolute atomic E-state index is 14.0. The molecule has 1 unspecified atom stereocenters. The summed E-state index contributed by atoms with van der Waals surface area (Å²) in [6.07, 6.45) is 0. The van der Waals surface area contributed by atoms with Gasteiger partial charge in [-0.3, -0.25) is 0 Å². The Kier molecular flexibility index (Phi) is 6.62. The van der Waals surface area contributed by atoms with E-state index in [0.29, 0.717) is 12.5 Å². The molecule has 0 saturated heterocycles. The van der Waals surface area contributed by atoms with Crippen molar-refractivity contribution in [3.63, 3.8) is 0 Å². The second-order valence-corrected chi connectivity index (χ2v) is 6.55. The Morgan fingerprint density at radius 2 is 1.95 bits per heavy atom. The van der Waals surface area contributed by atoms with Crippen LogP contribution in [0.1, 0.15) is 40.2 Å². The van der Waals surface area contributed by atoms with Gasteiger partial charge in [-0.05, 0) is 31.4 Å². The lowest BCUT2D eigenvalue weighted by Crippen LogP contribution is -2.38. The molecule has 0 amide bonds. The monoisotopic (exact) mass is 297 g/mol. The molecule has 4 heteroatoms. The van der Waals surface area contributed by atoms with Crippen molar-refractivity contribution >= 4 is 0 Å². The van der Waals surface area contributed by atoms with E-state index < -0.39 is 11.4 Å². The number of nitrogens with one attached hydrogen (secondary N) is 1. The third-order valence-corrected chi connectivity index (χ3v) is 3.67. The van der Waals surface area contributed by atoms with Crippen molar-refractivity contribution in [1.29, 1.82) is 0 Å². The molecule has 1 atom stereocenters. The van der Waals surface area contributed by atoms with Gasteiger partial charge in [0.25, 0.3) is 0 Å². The van der Waals surface area contributed by atoms with Crippen LogP contribution in [-0.2, 0) is 6.54 Å². The SMILES string of the molecule is CC(C)CNCc1cccc(F)c1OCC(C)(O)C(C)C. The van der Waals surface area contributed by atoms with Gasteiger partial charge in [0.1, 0.15) is 6.61 Å². The molecule has 0 bridgehead atoms. The van der Waals surface area contributed by atoms with Crippen molar-refractivity contribution in [1.82, 2.24) is 5.32 Å². The zero-order chi connectivity index (χ0) is 16.0. The highest BCUT2D eigenvalue weighted by molar-refractivity contribution is 5.35. The molecule has 0 radical (unpaired) electrons. The lowest BCUT2D eigenvalue weighted by molar-refractivity contribution is -0.0277. The molecule has 0 heterocycles. The van der Waals surface area contributed by atoms with Crippen LogP contribution in [0, 0.1) is 17.7 Å². The van der Waals surface area contributed by atoms with Gasteiger partial charge in [-0.25, -0.2) is 4.39 Å². The highest BCUT2D eigenvalue weighted by Gasteiger charge is 2.26. The molecule has 120 valence electrons. The molecule has 3 nitrogen and oxygen atoms in total. The van der Waals surface area contributed by atoms with Crippen molar-refractivity contribution in [2.75, 3.05) is 13.2 Å². The van der Waals surface area contributed by atoms with E-state index in [4.69, 9.17) is 4.74 Å². The number of para-hydroxylation sites is 1. The molecule has 0 saturated carbocycles. The fourth-order valence-electron chi connectivity index (χ4n) is 1.73. The Bertz CT molecular complexity index is 444. The van der Waals surface area contributed by atoms with Crippen LogP contribution in [0.2, 0.25) is 0 Å². The van der Waals surface area contributed by atoms with Crippen LogP contribution in [0.25, 0.3) is 0 Å². The molecule has 0 aliphatic carbocycles. The topological polar surface area (TPSA) is 41.5 Å². The van der Waals surface area contributed by atoms with Gasteiger partial charge in [-0.2, -0.15) is 0 Å². The standard InChI is InChI=1S/C17H28FNO2/c1-12(2)9-19-10-14-7-6-8-15(18)16(14)21-11-17(5,20)13(3)4/h6-8,12-13,19-20H,9-11H2,1-5H3. The molecule has 21 heavy (non-hydrogen) atoms. The van der Waals surface area contributed by atoms with E-state index in [1.807, 2.05) is 19.9 Å². The summed E-state index contributed by atoms with van der Waals surface area (Å²) in [5.74, 6) is 0.407. The van der Waals surface area contributed by atoms with Crippen molar-refractivity contribution in [3.05, 3.63) is 29.6 Å². The lowest BCUT2D eigenvalue weighted by Gasteiger charge is -2.28. The molecule has 0 aliphatic rings. The zero-order valence-corrected chi connectivity index (χ0v) is 13.7. The molecule has 2 N–H and O–H groups in total. The Morgan fingerprint density at radius 1 is 1.29 bits per heavy atom. The normalized spacial score (nSPS) is 14.5. The van der Waals surface area contributed by atoms with Crippen molar-refractivity contribution < 1.29 is 14.2 Å². The third kappa shape index (κ3) is 5.64. The number of halogens is 1. The minimum Gasteiger partial charge on any atom is -0.487 e. The first-order chi connectivity index (χ1) is 9.74. The predicted molar refractivity (Wildman–Crippen MR) is 83.9 cm³/mol. The first-order valence-electron chi connectivity index (χ1n) is 7.57. The smallest absolute Gasteiger partial charge is 0.165 e. The fourth-order valence-corrected chi connectivity index (χ4v) is 1.73. The lowest BCUT2D eigenvalue weighted by atomic mass is 9.94. The number of rotatable bonds is 8. The number of benzene rings is 1. The Labute approximate surface area is 127 Å². The van der Waals surface area contributed by atoms with Crippen LogP contribution >= 0.6 is 0 Å². The van der Waals surface area contributed by atoms with E-state index in [-0.39, 0.29) is 18.3 Å². The number of hydrogen-bond donors (Lipinski definition) is 2. The van der Waals surface area contributed by atoms with Crippen LogP contribution in [0.15, 0.2) is 18.2 Å². The maximum atomic E-state index is 14.0. The van der Waals surface area contributed by atoms with Gasteiger partial charge in [0.2, 0.25) is 0 Å². The Morgan fingerprint density at radius 3 is 2.52 bits per heavy atom. The molecular weight excluding hydrogens is 269 g/mol. The first-order valence-corrected chi connectivity index (χ1v) is 7.57. The van der Waals surface area contributed by atoms with Gasteiger partial charge in [0.15, 0.2) is 11.6 Å². The van der Waals surface area contributed by atoms with E-state index in [2.05, 4.69) is 19.2 Å². The summed E-state index contributed by atoms with van der Waals surface area (Å²) < 4.78 is 19.6. The number of ether oxygens (including phenoxy) is 1. The van der Waals surface area contributed by atoms with E-state index >= 15 is 0 Å². The highest BCUT2D eigenvalue weighted by atomic mass is 19.1. The summed E-state index contributed by atoms with van der Waals surface area (Å²) in [4.78, 5) is 0. The number of hydrogen-bond acceptors (Lipinski definition) is 3. The van der Waals surface area contributed by atoms with Gasteiger partial charge in [-0.15, -0.1) is 0 Å². The average Bonchev–Trinajstić information content (AvgIpc) is 2.37.